The summed E-state index contributed by atoms with van der Waals surface area (Å²) >= 11 is 0. The molecular formula is C16H24F6N4O5. The summed E-state index contributed by atoms with van der Waals surface area (Å²) in [6, 6.07) is -0.174. The number of nitrogens with one attached hydrogen (secondary N) is 2. The number of halogens is 6. The Labute approximate surface area is 174 Å². The third-order valence-corrected chi connectivity index (χ3v) is 3.06. The molecule has 9 nitrogen and oxygen atoms in total. The Morgan fingerprint density at radius 1 is 0.871 bits per heavy atom. The largest absolute Gasteiger partial charge is 0.440 e. The number of nitriles is 1. The van der Waals surface area contributed by atoms with Crippen LogP contribution >= 0.6 is 0 Å². The molecule has 180 valence electrons. The lowest BCUT2D eigenvalue weighted by atomic mass is 10.0. The molecule has 0 aliphatic heterocycles. The van der Waals surface area contributed by atoms with Crippen LogP contribution < -0.4 is 16.4 Å². The maximum Gasteiger partial charge on any atom is 0.422 e. The first kappa shape index (κ1) is 30.3. The molecule has 0 aromatic carbocycles. The zero-order chi connectivity index (χ0) is 25.0. The first-order chi connectivity index (χ1) is 13.9. The van der Waals surface area contributed by atoms with Gasteiger partial charge in [0.2, 0.25) is 5.91 Å². The molecule has 2 atom stereocenters. The standard InChI is InChI=1S/C8H13F3N2O3.C8H11F3N2O2/c1-4(2)5(6(12)14)13-7(15)16-3-8(9,10)11;1-5(2)6(3-12)13-7(14)15-4-8(9,10)11/h4-5H,3H2,1-2H3,(H2,12,14)(H,13,15);5-6H,4H2,1-2H3,(H,13,14)/t5-;6-/m01/s1. The second-order valence-electron chi connectivity index (χ2n) is 6.65. The highest BCUT2D eigenvalue weighted by atomic mass is 19.4. The molecule has 0 aliphatic carbocycles. The van der Waals surface area contributed by atoms with Crippen molar-refractivity contribution in [3.05, 3.63) is 0 Å². The number of hydrogen-bond donors (Lipinski definition) is 3. The highest BCUT2D eigenvalue weighted by Crippen LogP contribution is 2.15. The SMILES string of the molecule is CC(C)[C@@H](C#N)NC(=O)OCC(F)(F)F.CC(C)[C@H](NC(=O)OCC(F)(F)F)C(N)=O. The van der Waals surface area contributed by atoms with Crippen LogP contribution in [0.5, 0.6) is 0 Å². The number of carbonyl (C=O) groups is 3. The van der Waals surface area contributed by atoms with Gasteiger partial charge >= 0.3 is 24.5 Å². The van der Waals surface area contributed by atoms with Gasteiger partial charge in [0.25, 0.3) is 0 Å². The Kier molecular flexibility index (Phi) is 13.1. The van der Waals surface area contributed by atoms with E-state index in [1.54, 1.807) is 33.8 Å². The molecule has 15 heteroatoms. The molecule has 0 fully saturated rings. The van der Waals surface area contributed by atoms with E-state index in [9.17, 15) is 40.7 Å². The van der Waals surface area contributed by atoms with Crippen molar-refractivity contribution in [2.24, 2.45) is 17.6 Å². The van der Waals surface area contributed by atoms with Crippen LogP contribution in [0.15, 0.2) is 0 Å². The molecule has 0 unspecified atom stereocenters. The lowest BCUT2D eigenvalue weighted by molar-refractivity contribution is -0.160. The van der Waals surface area contributed by atoms with Crippen LogP contribution in [-0.4, -0.2) is 55.7 Å². The van der Waals surface area contributed by atoms with Crippen LogP contribution in [0.2, 0.25) is 0 Å². The number of primary amides is 1. The molecule has 4 N–H and O–H groups in total. The third kappa shape index (κ3) is 17.6. The van der Waals surface area contributed by atoms with Crippen molar-refractivity contribution in [1.29, 1.82) is 5.26 Å². The van der Waals surface area contributed by atoms with Crippen LogP contribution in [0.4, 0.5) is 35.9 Å². The summed E-state index contributed by atoms with van der Waals surface area (Å²) < 4.78 is 77.6. The average Bonchev–Trinajstić information content (AvgIpc) is 2.59. The molecule has 0 rings (SSSR count). The van der Waals surface area contributed by atoms with Crippen molar-refractivity contribution in [3.63, 3.8) is 0 Å². The fourth-order valence-corrected chi connectivity index (χ4v) is 1.55. The van der Waals surface area contributed by atoms with Gasteiger partial charge in [0, 0.05) is 0 Å². The number of alkyl halides is 6. The molecule has 0 bridgehead atoms. The molecule has 0 aliphatic rings. The predicted molar refractivity (Wildman–Crippen MR) is 93.1 cm³/mol. The number of rotatable bonds is 7. The lowest BCUT2D eigenvalue weighted by Crippen LogP contribution is -2.48. The second-order valence-corrected chi connectivity index (χ2v) is 6.65. The van der Waals surface area contributed by atoms with Gasteiger partial charge in [0.15, 0.2) is 13.2 Å². The predicted octanol–water partition coefficient (Wildman–Crippen LogP) is 2.61. The number of carbonyl (C=O) groups excluding carboxylic acids is 3. The van der Waals surface area contributed by atoms with Gasteiger partial charge in [-0.15, -0.1) is 0 Å². The van der Waals surface area contributed by atoms with E-state index in [1.165, 1.54) is 0 Å². The van der Waals surface area contributed by atoms with E-state index in [0.717, 1.165) is 0 Å². The van der Waals surface area contributed by atoms with E-state index >= 15 is 0 Å². The summed E-state index contributed by atoms with van der Waals surface area (Å²) in [4.78, 5) is 32.5. The molecule has 0 radical (unpaired) electrons. The van der Waals surface area contributed by atoms with Gasteiger partial charge in [-0.1, -0.05) is 27.7 Å². The highest BCUT2D eigenvalue weighted by Gasteiger charge is 2.31. The van der Waals surface area contributed by atoms with Crippen molar-refractivity contribution in [2.75, 3.05) is 13.2 Å². The summed E-state index contributed by atoms with van der Waals surface area (Å²) in [6.45, 7) is 3.10. The molecule has 0 saturated carbocycles. The van der Waals surface area contributed by atoms with Crippen molar-refractivity contribution in [2.45, 2.75) is 52.1 Å². The fourth-order valence-electron chi connectivity index (χ4n) is 1.55. The Morgan fingerprint density at radius 3 is 1.52 bits per heavy atom. The number of alkyl carbamates (subject to hydrolysis) is 2. The second kappa shape index (κ2) is 13.4. The number of ether oxygens (including phenoxy) is 2. The minimum absolute atomic E-state index is 0.201. The molecular weight excluding hydrogens is 442 g/mol. The van der Waals surface area contributed by atoms with Gasteiger partial charge in [-0.2, -0.15) is 31.6 Å². The normalized spacial score (nSPS) is 13.3. The molecule has 31 heavy (non-hydrogen) atoms. The fraction of sp³-hybridized carbons (Fsp3) is 0.750. The van der Waals surface area contributed by atoms with Gasteiger partial charge in [-0.25, -0.2) is 9.59 Å². The van der Waals surface area contributed by atoms with E-state index in [-0.39, 0.29) is 11.8 Å². The van der Waals surface area contributed by atoms with Crippen molar-refractivity contribution in [1.82, 2.24) is 10.6 Å². The summed E-state index contributed by atoms with van der Waals surface area (Å²) in [7, 11) is 0. The molecule has 3 amide bonds. The van der Waals surface area contributed by atoms with Gasteiger partial charge in [0.1, 0.15) is 12.1 Å². The van der Waals surface area contributed by atoms with Gasteiger partial charge in [-0.3, -0.25) is 4.79 Å². The van der Waals surface area contributed by atoms with Gasteiger partial charge in [-0.05, 0) is 11.8 Å². The first-order valence-electron chi connectivity index (χ1n) is 8.58. The third-order valence-electron chi connectivity index (χ3n) is 3.06. The number of nitrogens with zero attached hydrogens (tertiary/aromatic N) is 1. The average molecular weight is 466 g/mol. The number of nitrogens with two attached hydrogens (primary N) is 1. The molecule has 0 saturated heterocycles. The monoisotopic (exact) mass is 466 g/mol. The van der Waals surface area contributed by atoms with Crippen molar-refractivity contribution in [3.8, 4) is 6.07 Å². The summed E-state index contributed by atoms with van der Waals surface area (Å²) in [5.41, 5.74) is 4.94. The Bertz CT molecular complexity index is 631. The first-order valence-corrected chi connectivity index (χ1v) is 8.58. The van der Waals surface area contributed by atoms with Crippen LogP contribution in [0, 0.1) is 23.2 Å². The van der Waals surface area contributed by atoms with Crippen LogP contribution in [0.25, 0.3) is 0 Å². The van der Waals surface area contributed by atoms with Crippen LogP contribution in [-0.2, 0) is 14.3 Å². The lowest BCUT2D eigenvalue weighted by Gasteiger charge is -2.18. The summed E-state index contributed by atoms with van der Waals surface area (Å²) in [6.07, 6.45) is -11.7. The van der Waals surface area contributed by atoms with E-state index in [4.69, 9.17) is 11.0 Å². The maximum absolute atomic E-state index is 11.7. The Balaban J connectivity index is 0. The van der Waals surface area contributed by atoms with Crippen molar-refractivity contribution >= 4 is 18.1 Å². The maximum atomic E-state index is 11.7. The van der Waals surface area contributed by atoms with E-state index < -0.39 is 55.7 Å². The highest BCUT2D eigenvalue weighted by molar-refractivity contribution is 5.84. The molecule has 0 heterocycles. The zero-order valence-corrected chi connectivity index (χ0v) is 17.1. The minimum Gasteiger partial charge on any atom is -0.440 e. The van der Waals surface area contributed by atoms with Crippen molar-refractivity contribution < 1.29 is 50.2 Å². The Morgan fingerprint density at radius 2 is 1.26 bits per heavy atom. The zero-order valence-electron chi connectivity index (χ0n) is 17.1. The molecule has 0 spiro atoms. The van der Waals surface area contributed by atoms with Gasteiger partial charge in [0.05, 0.1) is 6.07 Å². The summed E-state index contributed by atoms with van der Waals surface area (Å²) in [5, 5.41) is 12.5. The molecule has 0 aromatic heterocycles. The van der Waals surface area contributed by atoms with Crippen LogP contribution in [0.1, 0.15) is 27.7 Å². The number of hydrogen-bond acceptors (Lipinski definition) is 6. The topological polar surface area (TPSA) is 144 Å². The smallest absolute Gasteiger partial charge is 0.422 e. The Hall–Kier alpha value is -2.92. The molecule has 0 aromatic rings. The summed E-state index contributed by atoms with van der Waals surface area (Å²) in [5.74, 6) is -1.37. The quantitative estimate of drug-likeness (QED) is 0.492. The van der Waals surface area contributed by atoms with Gasteiger partial charge < -0.3 is 25.8 Å². The number of amides is 3. The van der Waals surface area contributed by atoms with E-state index in [1.807, 2.05) is 10.6 Å². The minimum atomic E-state index is -4.60. The van der Waals surface area contributed by atoms with Crippen LogP contribution in [0.3, 0.4) is 0 Å². The van der Waals surface area contributed by atoms with E-state index in [2.05, 4.69) is 9.47 Å². The van der Waals surface area contributed by atoms with E-state index in [0.29, 0.717) is 0 Å².